The lowest BCUT2D eigenvalue weighted by Gasteiger charge is -2.08. The third-order valence-electron chi connectivity index (χ3n) is 2.89. The molecule has 4 nitrogen and oxygen atoms in total. The van der Waals surface area contributed by atoms with E-state index in [1.807, 2.05) is 25.1 Å². The Morgan fingerprint density at radius 3 is 2.81 bits per heavy atom. The van der Waals surface area contributed by atoms with Gasteiger partial charge in [-0.3, -0.25) is 0 Å². The summed E-state index contributed by atoms with van der Waals surface area (Å²) in [5.41, 5.74) is 7.85. The van der Waals surface area contributed by atoms with Gasteiger partial charge in [-0.2, -0.15) is 0 Å². The second-order valence-corrected chi connectivity index (χ2v) is 5.69. The van der Waals surface area contributed by atoms with Crippen molar-refractivity contribution in [2.24, 2.45) is 0 Å². The Kier molecular flexibility index (Phi) is 5.11. The first-order valence-corrected chi connectivity index (χ1v) is 7.50. The van der Waals surface area contributed by atoms with Gasteiger partial charge in [-0.1, -0.05) is 6.07 Å². The van der Waals surface area contributed by atoms with E-state index in [1.54, 1.807) is 30.0 Å². The standard InChI is InChI=1S/C16H17NO3S/c1-11-9-13(17)5-6-15(11)21-8-7-20-14-4-2-3-12(10-14)16(18)19/h2-6,9-10H,7-8,17H2,1H3,(H,18,19). The minimum Gasteiger partial charge on any atom is -0.493 e. The molecule has 2 aromatic rings. The molecule has 0 saturated carbocycles. The number of anilines is 1. The van der Waals surface area contributed by atoms with Gasteiger partial charge in [-0.25, -0.2) is 4.79 Å². The SMILES string of the molecule is Cc1cc(N)ccc1SCCOc1cccc(C(=O)O)c1. The van der Waals surface area contributed by atoms with E-state index in [0.717, 1.165) is 17.0 Å². The summed E-state index contributed by atoms with van der Waals surface area (Å²) in [6.07, 6.45) is 0. The van der Waals surface area contributed by atoms with Crippen molar-refractivity contribution in [2.45, 2.75) is 11.8 Å². The monoisotopic (exact) mass is 303 g/mol. The number of aromatic carboxylic acids is 1. The van der Waals surface area contributed by atoms with Gasteiger partial charge in [-0.15, -0.1) is 11.8 Å². The number of benzene rings is 2. The predicted molar refractivity (Wildman–Crippen MR) is 85.2 cm³/mol. The number of carbonyl (C=O) groups is 1. The zero-order valence-electron chi connectivity index (χ0n) is 11.7. The highest BCUT2D eigenvalue weighted by Gasteiger charge is 2.04. The zero-order chi connectivity index (χ0) is 15.2. The number of hydrogen-bond donors (Lipinski definition) is 2. The summed E-state index contributed by atoms with van der Waals surface area (Å²) in [4.78, 5) is 12.0. The number of nitrogen functional groups attached to an aromatic ring is 1. The van der Waals surface area contributed by atoms with Crippen molar-refractivity contribution < 1.29 is 14.6 Å². The number of aryl methyl sites for hydroxylation is 1. The zero-order valence-corrected chi connectivity index (χ0v) is 12.5. The smallest absolute Gasteiger partial charge is 0.335 e. The molecule has 3 N–H and O–H groups in total. The Bertz CT molecular complexity index is 643. The fraction of sp³-hybridized carbons (Fsp3) is 0.188. The number of carboxylic acids is 1. The molecule has 0 unspecified atom stereocenters. The molecule has 0 radical (unpaired) electrons. The summed E-state index contributed by atoms with van der Waals surface area (Å²) >= 11 is 1.69. The molecule has 2 aromatic carbocycles. The number of thioether (sulfide) groups is 1. The van der Waals surface area contributed by atoms with Crippen LogP contribution in [-0.4, -0.2) is 23.4 Å². The number of hydrogen-bond acceptors (Lipinski definition) is 4. The third kappa shape index (κ3) is 4.43. The van der Waals surface area contributed by atoms with Gasteiger partial charge in [0.15, 0.2) is 0 Å². The van der Waals surface area contributed by atoms with Gasteiger partial charge in [0.1, 0.15) is 5.75 Å². The molecule has 0 aliphatic heterocycles. The molecule has 21 heavy (non-hydrogen) atoms. The second-order valence-electron chi connectivity index (χ2n) is 4.55. The van der Waals surface area contributed by atoms with E-state index >= 15 is 0 Å². The van der Waals surface area contributed by atoms with Gasteiger partial charge < -0.3 is 15.6 Å². The third-order valence-corrected chi connectivity index (χ3v) is 4.03. The average Bonchev–Trinajstić information content (AvgIpc) is 2.45. The Labute approximate surface area is 127 Å². The maximum absolute atomic E-state index is 10.9. The molecule has 0 bridgehead atoms. The quantitative estimate of drug-likeness (QED) is 0.486. The van der Waals surface area contributed by atoms with Crippen LogP contribution in [0.5, 0.6) is 5.75 Å². The van der Waals surface area contributed by atoms with Crippen molar-refractivity contribution in [3.05, 3.63) is 53.6 Å². The van der Waals surface area contributed by atoms with Crippen LogP contribution in [0, 0.1) is 6.92 Å². The maximum atomic E-state index is 10.9. The van der Waals surface area contributed by atoms with Gasteiger partial charge in [0.05, 0.1) is 12.2 Å². The largest absolute Gasteiger partial charge is 0.493 e. The van der Waals surface area contributed by atoms with Gasteiger partial charge in [0.2, 0.25) is 0 Å². The Morgan fingerprint density at radius 1 is 1.29 bits per heavy atom. The molecule has 0 aliphatic carbocycles. The molecular weight excluding hydrogens is 286 g/mol. The molecule has 0 saturated heterocycles. The van der Waals surface area contributed by atoms with E-state index in [1.165, 1.54) is 11.0 Å². The van der Waals surface area contributed by atoms with E-state index in [9.17, 15) is 4.79 Å². The lowest BCUT2D eigenvalue weighted by Crippen LogP contribution is -2.02. The summed E-state index contributed by atoms with van der Waals surface area (Å²) in [6, 6.07) is 12.3. The molecule has 0 aliphatic rings. The highest BCUT2D eigenvalue weighted by molar-refractivity contribution is 7.99. The highest BCUT2D eigenvalue weighted by Crippen LogP contribution is 2.24. The fourth-order valence-corrected chi connectivity index (χ4v) is 2.70. The van der Waals surface area contributed by atoms with Crippen molar-refractivity contribution in [3.63, 3.8) is 0 Å². The molecule has 0 amide bonds. The van der Waals surface area contributed by atoms with Gasteiger partial charge in [0.25, 0.3) is 0 Å². The number of carboxylic acid groups (broad SMARTS) is 1. The molecule has 0 heterocycles. The van der Waals surface area contributed by atoms with Crippen LogP contribution < -0.4 is 10.5 Å². The Balaban J connectivity index is 1.84. The number of ether oxygens (including phenoxy) is 1. The summed E-state index contributed by atoms with van der Waals surface area (Å²) < 4.78 is 5.57. The minimum atomic E-state index is -0.952. The summed E-state index contributed by atoms with van der Waals surface area (Å²) in [6.45, 7) is 2.54. The average molecular weight is 303 g/mol. The van der Waals surface area contributed by atoms with E-state index in [2.05, 4.69) is 0 Å². The number of nitrogens with two attached hydrogens (primary N) is 1. The number of rotatable bonds is 6. The van der Waals surface area contributed by atoms with E-state index in [0.29, 0.717) is 12.4 Å². The minimum absolute atomic E-state index is 0.231. The van der Waals surface area contributed by atoms with Crippen LogP contribution in [0.25, 0.3) is 0 Å². The molecular formula is C16H17NO3S. The summed E-state index contributed by atoms with van der Waals surface area (Å²) in [5.74, 6) is 0.402. The van der Waals surface area contributed by atoms with Gasteiger partial charge in [-0.05, 0) is 48.9 Å². The van der Waals surface area contributed by atoms with Crippen molar-refractivity contribution in [2.75, 3.05) is 18.1 Å². The van der Waals surface area contributed by atoms with Crippen LogP contribution in [0.3, 0.4) is 0 Å². The normalized spacial score (nSPS) is 10.3. The van der Waals surface area contributed by atoms with Crippen LogP contribution in [0.1, 0.15) is 15.9 Å². The first-order valence-electron chi connectivity index (χ1n) is 6.51. The summed E-state index contributed by atoms with van der Waals surface area (Å²) in [7, 11) is 0. The molecule has 2 rings (SSSR count). The topological polar surface area (TPSA) is 72.5 Å². The molecule has 110 valence electrons. The maximum Gasteiger partial charge on any atom is 0.335 e. The predicted octanol–water partition coefficient (Wildman–Crippen LogP) is 3.45. The van der Waals surface area contributed by atoms with Crippen LogP contribution in [0.4, 0.5) is 5.69 Å². The van der Waals surface area contributed by atoms with Crippen molar-refractivity contribution in [3.8, 4) is 5.75 Å². The van der Waals surface area contributed by atoms with Crippen LogP contribution in [-0.2, 0) is 0 Å². The van der Waals surface area contributed by atoms with Crippen LogP contribution in [0.15, 0.2) is 47.4 Å². The van der Waals surface area contributed by atoms with E-state index in [-0.39, 0.29) is 5.56 Å². The van der Waals surface area contributed by atoms with Crippen molar-refractivity contribution in [1.82, 2.24) is 0 Å². The lowest BCUT2D eigenvalue weighted by molar-refractivity contribution is 0.0696. The van der Waals surface area contributed by atoms with E-state index in [4.69, 9.17) is 15.6 Å². The first kappa shape index (κ1) is 15.3. The van der Waals surface area contributed by atoms with Crippen LogP contribution >= 0.6 is 11.8 Å². The first-order chi connectivity index (χ1) is 10.1. The molecule has 0 aromatic heterocycles. The van der Waals surface area contributed by atoms with Gasteiger partial charge >= 0.3 is 5.97 Å². The molecule has 0 fully saturated rings. The van der Waals surface area contributed by atoms with Crippen molar-refractivity contribution >= 4 is 23.4 Å². The molecule has 5 heteroatoms. The van der Waals surface area contributed by atoms with Crippen molar-refractivity contribution in [1.29, 1.82) is 0 Å². The van der Waals surface area contributed by atoms with Gasteiger partial charge in [0, 0.05) is 16.3 Å². The molecule has 0 atom stereocenters. The highest BCUT2D eigenvalue weighted by atomic mass is 32.2. The fourth-order valence-electron chi connectivity index (χ4n) is 1.86. The lowest BCUT2D eigenvalue weighted by atomic mass is 10.2. The van der Waals surface area contributed by atoms with Crippen LogP contribution in [0.2, 0.25) is 0 Å². The Hall–Kier alpha value is -2.14. The Morgan fingerprint density at radius 2 is 2.10 bits per heavy atom. The summed E-state index contributed by atoms with van der Waals surface area (Å²) in [5, 5.41) is 8.91. The van der Waals surface area contributed by atoms with E-state index < -0.39 is 5.97 Å². The second kappa shape index (κ2) is 7.04. The molecule has 0 spiro atoms.